The van der Waals surface area contributed by atoms with E-state index in [0.29, 0.717) is 17.5 Å². The molecule has 1 saturated carbocycles. The van der Waals surface area contributed by atoms with Crippen LogP contribution in [0.1, 0.15) is 53.9 Å². The molecule has 0 heterocycles. The van der Waals surface area contributed by atoms with Crippen LogP contribution in [0.15, 0.2) is 60.7 Å². The van der Waals surface area contributed by atoms with Gasteiger partial charge in [-0.1, -0.05) is 79.1 Å². The van der Waals surface area contributed by atoms with E-state index in [1.54, 1.807) is 12.1 Å². The summed E-state index contributed by atoms with van der Waals surface area (Å²) >= 11 is 0. The van der Waals surface area contributed by atoms with E-state index in [2.05, 4.69) is 37.6 Å². The van der Waals surface area contributed by atoms with E-state index in [-0.39, 0.29) is 64.1 Å². The van der Waals surface area contributed by atoms with E-state index in [1.807, 2.05) is 24.3 Å². The van der Waals surface area contributed by atoms with Gasteiger partial charge in [-0.05, 0) is 40.7 Å². The van der Waals surface area contributed by atoms with Crippen molar-refractivity contribution in [2.75, 3.05) is 0 Å². The van der Waals surface area contributed by atoms with Gasteiger partial charge < -0.3 is 6.42 Å². The van der Waals surface area contributed by atoms with Crippen molar-refractivity contribution in [3.63, 3.8) is 0 Å². The van der Waals surface area contributed by atoms with Crippen LogP contribution in [0.4, 0.5) is 8.78 Å². The number of hydrogen-bond donors (Lipinski definition) is 0. The summed E-state index contributed by atoms with van der Waals surface area (Å²) in [5.41, 5.74) is 5.46. The molecule has 1 aliphatic carbocycles. The summed E-state index contributed by atoms with van der Waals surface area (Å²) in [6.07, 6.45) is 6.43. The molecule has 3 aromatic rings. The van der Waals surface area contributed by atoms with Gasteiger partial charge in [-0.2, -0.15) is 12.8 Å². The van der Waals surface area contributed by atoms with Gasteiger partial charge in [0.2, 0.25) is 0 Å². The summed E-state index contributed by atoms with van der Waals surface area (Å²) in [5.74, 6) is -1.20. The fraction of sp³-hybridized carbons (Fsp3) is 0.269. The largest absolute Gasteiger partial charge is 1.00 e. The molecule has 0 nitrogen and oxygen atoms in total. The van der Waals surface area contributed by atoms with Crippen molar-refractivity contribution in [3.8, 4) is 11.1 Å². The number of halogens is 2. The van der Waals surface area contributed by atoms with Crippen molar-refractivity contribution in [1.82, 2.24) is 0 Å². The molecule has 0 aromatic heterocycles. The van der Waals surface area contributed by atoms with Crippen LogP contribution in [0.5, 0.6) is 0 Å². The molecule has 3 aromatic carbocycles. The zero-order chi connectivity index (χ0) is 19.5. The molecule has 0 spiro atoms. The fourth-order valence-corrected chi connectivity index (χ4v) is 4.07. The quantitative estimate of drug-likeness (QED) is 0.506. The van der Waals surface area contributed by atoms with Crippen molar-refractivity contribution >= 4 is 0 Å². The Bertz CT molecular complexity index is 940. The van der Waals surface area contributed by atoms with E-state index in [0.717, 1.165) is 42.4 Å². The third-order valence-electron chi connectivity index (χ3n) is 5.80. The smallest absolute Gasteiger partial charge is 0.328 e. The van der Waals surface area contributed by atoms with Gasteiger partial charge in [-0.15, -0.1) is 0 Å². The number of rotatable bonds is 4. The Morgan fingerprint density at radius 3 is 2.00 bits per heavy atom. The number of hydrogen-bond acceptors (Lipinski definition) is 0. The zero-order valence-electron chi connectivity index (χ0n) is 17.2. The Morgan fingerprint density at radius 1 is 0.793 bits per heavy atom. The van der Waals surface area contributed by atoms with E-state index in [4.69, 9.17) is 0 Å². The Balaban J connectivity index is 0.00000240. The molecule has 1 aliphatic rings. The molecular weight excluding hydrogens is 436 g/mol. The predicted molar refractivity (Wildman–Crippen MR) is 111 cm³/mol. The van der Waals surface area contributed by atoms with Gasteiger partial charge in [-0.3, -0.25) is 0 Å². The van der Waals surface area contributed by atoms with E-state index in [1.165, 1.54) is 5.56 Å². The van der Waals surface area contributed by atoms with E-state index in [9.17, 15) is 8.78 Å². The molecule has 1 fully saturated rings. The van der Waals surface area contributed by atoms with Crippen LogP contribution in [0, 0.1) is 25.0 Å². The standard InChI is InChI=1S/C26H25F2.Rb/c1-18-7-11-20(12-8-18)21-13-9-19(10-14-21)17-23-15-16-24(26(28)25(23)27)22-5-3-2-4-6-22;/h2,7-16,22H,3-6,17H2,1H3;/q-1;+1. The molecule has 0 bridgehead atoms. The van der Waals surface area contributed by atoms with Crippen LogP contribution >= 0.6 is 0 Å². The van der Waals surface area contributed by atoms with Gasteiger partial charge in [0.25, 0.3) is 0 Å². The van der Waals surface area contributed by atoms with Gasteiger partial charge >= 0.3 is 58.2 Å². The molecule has 0 radical (unpaired) electrons. The number of aryl methyl sites for hydroxylation is 1. The number of benzene rings is 3. The zero-order valence-corrected chi connectivity index (χ0v) is 22.1. The average Bonchev–Trinajstić information content (AvgIpc) is 2.73. The predicted octanol–water partition coefficient (Wildman–Crippen LogP) is 4.40. The van der Waals surface area contributed by atoms with Crippen LogP contribution < -0.4 is 58.2 Å². The first kappa shape index (κ1) is 23.0. The Labute approximate surface area is 221 Å². The second-order valence-corrected chi connectivity index (χ2v) is 7.82. The average molecular weight is 461 g/mol. The van der Waals surface area contributed by atoms with E-state index < -0.39 is 11.6 Å². The Kier molecular flexibility index (Phi) is 8.38. The molecule has 0 atom stereocenters. The van der Waals surface area contributed by atoms with Crippen molar-refractivity contribution in [2.24, 2.45) is 0 Å². The SMILES string of the molecule is Cc1ccc(-c2ccc(Cc3ccc(C4CC[CH-]CC4)c(F)c3F)cc2)cc1.[Rb+]. The molecule has 29 heavy (non-hydrogen) atoms. The first-order valence-electron chi connectivity index (χ1n) is 10.1. The minimum atomic E-state index is -0.685. The van der Waals surface area contributed by atoms with Crippen molar-refractivity contribution in [2.45, 2.75) is 44.9 Å². The van der Waals surface area contributed by atoms with E-state index >= 15 is 0 Å². The van der Waals surface area contributed by atoms with Gasteiger partial charge in [-0.25, -0.2) is 8.78 Å². The van der Waals surface area contributed by atoms with Crippen LogP contribution in [-0.4, -0.2) is 0 Å². The summed E-state index contributed by atoms with van der Waals surface area (Å²) < 4.78 is 29.4. The van der Waals surface area contributed by atoms with Gasteiger partial charge in [0, 0.05) is 6.42 Å². The summed E-state index contributed by atoms with van der Waals surface area (Å²) in [4.78, 5) is 0. The summed E-state index contributed by atoms with van der Waals surface area (Å²) in [6, 6.07) is 20.0. The maximum atomic E-state index is 14.7. The second-order valence-electron chi connectivity index (χ2n) is 7.82. The molecule has 0 unspecified atom stereocenters. The molecule has 0 saturated heterocycles. The Morgan fingerprint density at radius 2 is 1.38 bits per heavy atom. The normalized spacial score (nSPS) is 14.4. The van der Waals surface area contributed by atoms with Gasteiger partial charge in [0.1, 0.15) is 0 Å². The van der Waals surface area contributed by atoms with Gasteiger partial charge in [0.15, 0.2) is 11.6 Å². The minimum absolute atomic E-state index is 0. The minimum Gasteiger partial charge on any atom is -0.328 e. The molecule has 0 amide bonds. The first-order valence-corrected chi connectivity index (χ1v) is 10.1. The van der Waals surface area contributed by atoms with Crippen molar-refractivity contribution in [3.05, 3.63) is 101 Å². The Hall–Kier alpha value is -0.675. The van der Waals surface area contributed by atoms with Crippen LogP contribution in [0.3, 0.4) is 0 Å². The molecule has 0 N–H and O–H groups in total. The first-order chi connectivity index (χ1) is 13.6. The van der Waals surface area contributed by atoms with Crippen LogP contribution in [-0.2, 0) is 6.42 Å². The summed E-state index contributed by atoms with van der Waals surface area (Å²) in [6.45, 7) is 2.07. The maximum absolute atomic E-state index is 14.7. The molecule has 3 heteroatoms. The monoisotopic (exact) mass is 460 g/mol. The van der Waals surface area contributed by atoms with Gasteiger partial charge in [0.05, 0.1) is 0 Å². The summed E-state index contributed by atoms with van der Waals surface area (Å²) in [7, 11) is 0. The van der Waals surface area contributed by atoms with Crippen LogP contribution in [0.2, 0.25) is 0 Å². The molecule has 4 rings (SSSR count). The van der Waals surface area contributed by atoms with Crippen molar-refractivity contribution < 1.29 is 67.0 Å². The molecule has 144 valence electrons. The fourth-order valence-electron chi connectivity index (χ4n) is 4.07. The maximum Gasteiger partial charge on any atom is 1.00 e. The van der Waals surface area contributed by atoms with Crippen LogP contribution in [0.25, 0.3) is 11.1 Å². The molecule has 0 aliphatic heterocycles. The topological polar surface area (TPSA) is 0 Å². The van der Waals surface area contributed by atoms with Crippen molar-refractivity contribution in [1.29, 1.82) is 0 Å². The molecular formula is C26H25F2Rb. The third-order valence-corrected chi connectivity index (χ3v) is 5.80. The summed E-state index contributed by atoms with van der Waals surface area (Å²) in [5, 5.41) is 0. The third kappa shape index (κ3) is 5.52. The second kappa shape index (κ2) is 10.6.